The largest absolute Gasteiger partial charge is 0.464 e. The highest BCUT2D eigenvalue weighted by atomic mass is 16.3. The Morgan fingerprint density at radius 2 is 1.83 bits per heavy atom. The third-order valence-corrected chi connectivity index (χ3v) is 5.99. The molecule has 1 fully saturated rings. The van der Waals surface area contributed by atoms with Gasteiger partial charge in [-0.2, -0.15) is 0 Å². The van der Waals surface area contributed by atoms with Gasteiger partial charge in [-0.25, -0.2) is 4.79 Å². The van der Waals surface area contributed by atoms with E-state index in [1.165, 1.54) is 10.9 Å². The first kappa shape index (κ1) is 18.0. The van der Waals surface area contributed by atoms with Gasteiger partial charge in [0, 0.05) is 42.6 Å². The van der Waals surface area contributed by atoms with Gasteiger partial charge in [-0.1, -0.05) is 36.4 Å². The van der Waals surface area contributed by atoms with E-state index in [1.807, 2.05) is 54.9 Å². The van der Waals surface area contributed by atoms with Crippen LogP contribution in [0.25, 0.3) is 21.9 Å². The number of fused-ring (bicyclic) bond motifs is 2. The number of nitrogens with one attached hydrogen (secondary N) is 1. The van der Waals surface area contributed by atoms with Crippen LogP contribution in [0.3, 0.4) is 0 Å². The van der Waals surface area contributed by atoms with Crippen LogP contribution in [0.4, 0.5) is 4.79 Å². The SMILES string of the molecule is O=C(NC1CCN(CCc2coc3ccccc23)CC1)n1ccc2ccccc21. The quantitative estimate of drug-likeness (QED) is 0.554. The molecule has 0 saturated carbocycles. The molecule has 148 valence electrons. The fourth-order valence-corrected chi connectivity index (χ4v) is 4.31. The summed E-state index contributed by atoms with van der Waals surface area (Å²) in [6.45, 7) is 3.03. The van der Waals surface area contributed by atoms with E-state index >= 15 is 0 Å². The van der Waals surface area contributed by atoms with Gasteiger partial charge < -0.3 is 14.6 Å². The summed E-state index contributed by atoms with van der Waals surface area (Å²) in [7, 11) is 0. The lowest BCUT2D eigenvalue weighted by Crippen LogP contribution is -2.46. The number of rotatable bonds is 4. The number of hydrogen-bond acceptors (Lipinski definition) is 3. The van der Waals surface area contributed by atoms with Crippen LogP contribution < -0.4 is 5.32 Å². The van der Waals surface area contributed by atoms with E-state index in [-0.39, 0.29) is 12.1 Å². The summed E-state index contributed by atoms with van der Waals surface area (Å²) in [5.74, 6) is 0. The maximum atomic E-state index is 12.7. The van der Waals surface area contributed by atoms with E-state index in [2.05, 4.69) is 22.3 Å². The van der Waals surface area contributed by atoms with Gasteiger partial charge in [-0.05, 0) is 43.0 Å². The minimum absolute atomic E-state index is 0.0329. The van der Waals surface area contributed by atoms with Gasteiger partial charge >= 0.3 is 6.03 Å². The predicted molar refractivity (Wildman–Crippen MR) is 115 cm³/mol. The molecule has 2 aromatic heterocycles. The summed E-state index contributed by atoms with van der Waals surface area (Å²) in [5, 5.41) is 5.51. The maximum absolute atomic E-state index is 12.7. The van der Waals surface area contributed by atoms with Crippen molar-refractivity contribution in [3.05, 3.63) is 72.6 Å². The molecule has 1 amide bonds. The number of benzene rings is 2. The molecule has 0 radical (unpaired) electrons. The van der Waals surface area contributed by atoms with Crippen molar-refractivity contribution < 1.29 is 9.21 Å². The zero-order valence-corrected chi connectivity index (χ0v) is 16.4. The third-order valence-electron chi connectivity index (χ3n) is 5.99. The Bertz CT molecular complexity index is 1140. The number of para-hydroxylation sites is 2. The summed E-state index contributed by atoms with van der Waals surface area (Å²) >= 11 is 0. The Hall–Kier alpha value is -3.05. The van der Waals surface area contributed by atoms with Gasteiger partial charge in [-0.15, -0.1) is 0 Å². The topological polar surface area (TPSA) is 50.4 Å². The Morgan fingerprint density at radius 1 is 1.03 bits per heavy atom. The smallest absolute Gasteiger partial charge is 0.326 e. The Morgan fingerprint density at radius 3 is 2.72 bits per heavy atom. The van der Waals surface area contributed by atoms with Gasteiger partial charge in [0.25, 0.3) is 0 Å². The Kier molecular flexibility index (Phi) is 4.82. The van der Waals surface area contributed by atoms with E-state index in [1.54, 1.807) is 4.57 Å². The predicted octanol–water partition coefficient (Wildman–Crippen LogP) is 4.65. The Labute approximate surface area is 169 Å². The van der Waals surface area contributed by atoms with Crippen LogP contribution in [0.2, 0.25) is 0 Å². The van der Waals surface area contributed by atoms with Crippen LogP contribution in [0.15, 0.2) is 71.5 Å². The molecule has 0 bridgehead atoms. The normalized spacial score (nSPS) is 15.9. The van der Waals surface area contributed by atoms with E-state index in [0.29, 0.717) is 0 Å². The number of aromatic nitrogens is 1. The van der Waals surface area contributed by atoms with Crippen LogP contribution in [-0.4, -0.2) is 41.2 Å². The highest BCUT2D eigenvalue weighted by molar-refractivity contribution is 5.91. The maximum Gasteiger partial charge on any atom is 0.326 e. The molecule has 1 aliphatic rings. The van der Waals surface area contributed by atoms with E-state index < -0.39 is 0 Å². The first-order valence-corrected chi connectivity index (χ1v) is 10.3. The van der Waals surface area contributed by atoms with Gasteiger partial charge in [0.15, 0.2) is 0 Å². The molecule has 1 aliphatic heterocycles. The number of hydrogen-bond donors (Lipinski definition) is 1. The lowest BCUT2D eigenvalue weighted by Gasteiger charge is -2.32. The first-order chi connectivity index (χ1) is 14.3. The van der Waals surface area contributed by atoms with Crippen molar-refractivity contribution in [3.63, 3.8) is 0 Å². The number of carbonyl (C=O) groups is 1. The lowest BCUT2D eigenvalue weighted by atomic mass is 10.0. The van der Waals surface area contributed by atoms with E-state index in [9.17, 15) is 4.79 Å². The second kappa shape index (κ2) is 7.76. The molecular formula is C24H25N3O2. The Balaban J connectivity index is 1.14. The molecule has 5 heteroatoms. The minimum Gasteiger partial charge on any atom is -0.464 e. The van der Waals surface area contributed by atoms with Crippen molar-refractivity contribution >= 4 is 27.9 Å². The molecule has 0 aliphatic carbocycles. The van der Waals surface area contributed by atoms with Crippen molar-refractivity contribution in [1.29, 1.82) is 0 Å². The number of nitrogens with zero attached hydrogens (tertiary/aromatic N) is 2. The summed E-state index contributed by atoms with van der Waals surface area (Å²) in [6.07, 6.45) is 6.70. The standard InChI is InChI=1S/C24H25N3O2/c28-24(27-16-10-18-5-1-3-7-22(18)27)25-20-11-14-26(15-12-20)13-9-19-17-29-23-8-4-2-6-21(19)23/h1-8,10,16-17,20H,9,11-15H2,(H,25,28). The summed E-state index contributed by atoms with van der Waals surface area (Å²) in [6, 6.07) is 18.4. The molecule has 0 unspecified atom stereocenters. The second-order valence-corrected chi connectivity index (χ2v) is 7.82. The average Bonchev–Trinajstić information content (AvgIpc) is 3.38. The third kappa shape index (κ3) is 3.66. The molecule has 2 aromatic carbocycles. The van der Waals surface area contributed by atoms with Gasteiger partial charge in [0.1, 0.15) is 5.58 Å². The lowest BCUT2D eigenvalue weighted by molar-refractivity contribution is 0.194. The van der Waals surface area contributed by atoms with Crippen LogP contribution in [0, 0.1) is 0 Å². The van der Waals surface area contributed by atoms with Gasteiger partial charge in [-0.3, -0.25) is 4.57 Å². The number of piperidine rings is 1. The molecular weight excluding hydrogens is 362 g/mol. The highest BCUT2D eigenvalue weighted by Crippen LogP contribution is 2.22. The number of amides is 1. The molecule has 3 heterocycles. The number of likely N-dealkylation sites (tertiary alicyclic amines) is 1. The molecule has 1 saturated heterocycles. The summed E-state index contributed by atoms with van der Waals surface area (Å²) in [4.78, 5) is 15.2. The molecule has 0 atom stereocenters. The van der Waals surface area contributed by atoms with Gasteiger partial charge in [0.2, 0.25) is 0 Å². The van der Waals surface area contributed by atoms with Crippen LogP contribution in [0.1, 0.15) is 18.4 Å². The molecule has 29 heavy (non-hydrogen) atoms. The number of carbonyl (C=O) groups excluding carboxylic acids is 1. The van der Waals surface area contributed by atoms with Gasteiger partial charge in [0.05, 0.1) is 11.8 Å². The molecule has 5 nitrogen and oxygen atoms in total. The molecule has 0 spiro atoms. The summed E-state index contributed by atoms with van der Waals surface area (Å²) in [5.41, 5.74) is 3.19. The monoisotopic (exact) mass is 387 g/mol. The minimum atomic E-state index is -0.0329. The second-order valence-electron chi connectivity index (χ2n) is 7.82. The fraction of sp³-hybridized carbons (Fsp3) is 0.292. The average molecular weight is 387 g/mol. The van der Waals surface area contributed by atoms with Crippen LogP contribution in [-0.2, 0) is 6.42 Å². The van der Waals surface area contributed by atoms with Crippen LogP contribution in [0.5, 0.6) is 0 Å². The van der Waals surface area contributed by atoms with Crippen molar-refractivity contribution in [2.75, 3.05) is 19.6 Å². The van der Waals surface area contributed by atoms with E-state index in [0.717, 1.165) is 55.4 Å². The first-order valence-electron chi connectivity index (χ1n) is 10.3. The van der Waals surface area contributed by atoms with Crippen molar-refractivity contribution in [2.24, 2.45) is 0 Å². The number of furan rings is 1. The van der Waals surface area contributed by atoms with Crippen molar-refractivity contribution in [3.8, 4) is 0 Å². The zero-order valence-electron chi connectivity index (χ0n) is 16.4. The molecule has 1 N–H and O–H groups in total. The summed E-state index contributed by atoms with van der Waals surface area (Å²) < 4.78 is 7.36. The zero-order chi connectivity index (χ0) is 19.6. The fourth-order valence-electron chi connectivity index (χ4n) is 4.31. The van der Waals surface area contributed by atoms with E-state index in [4.69, 9.17) is 4.42 Å². The van der Waals surface area contributed by atoms with Crippen molar-refractivity contribution in [1.82, 2.24) is 14.8 Å². The van der Waals surface area contributed by atoms with Crippen LogP contribution >= 0.6 is 0 Å². The highest BCUT2D eigenvalue weighted by Gasteiger charge is 2.21. The molecule has 5 rings (SSSR count). The van der Waals surface area contributed by atoms with Crippen molar-refractivity contribution in [2.45, 2.75) is 25.3 Å². The molecule has 4 aromatic rings.